The third-order valence-electron chi connectivity index (χ3n) is 5.42. The summed E-state index contributed by atoms with van der Waals surface area (Å²) in [6.07, 6.45) is 1.58. The number of hydrogen-bond donors (Lipinski definition) is 0. The molecule has 0 unspecified atom stereocenters. The van der Waals surface area contributed by atoms with Crippen LogP contribution in [-0.4, -0.2) is 53.4 Å². The van der Waals surface area contributed by atoms with Gasteiger partial charge in [-0.1, -0.05) is 18.2 Å². The first kappa shape index (κ1) is 23.9. The number of carbonyl (C=O) groups is 3. The molecule has 1 aromatic heterocycles. The zero-order valence-corrected chi connectivity index (χ0v) is 19.0. The van der Waals surface area contributed by atoms with Crippen LogP contribution in [0.5, 0.6) is 5.75 Å². The van der Waals surface area contributed by atoms with Crippen LogP contribution in [0.4, 0.5) is 0 Å². The predicted molar refractivity (Wildman–Crippen MR) is 119 cm³/mol. The molecule has 0 aliphatic heterocycles. The van der Waals surface area contributed by atoms with E-state index in [1.54, 1.807) is 69.7 Å². The topological polar surface area (TPSA) is 77.8 Å². The van der Waals surface area contributed by atoms with Crippen molar-refractivity contribution in [1.82, 2.24) is 9.47 Å². The Bertz CT molecular complexity index is 1010. The minimum Gasteiger partial charge on any atom is -0.496 e. The van der Waals surface area contributed by atoms with Crippen LogP contribution in [0.2, 0.25) is 0 Å². The summed E-state index contributed by atoms with van der Waals surface area (Å²) in [4.78, 5) is 40.7. The number of hydrogen-bond acceptors (Lipinski definition) is 5. The molecule has 0 N–H and O–H groups in total. The van der Waals surface area contributed by atoms with Crippen molar-refractivity contribution in [2.45, 2.75) is 33.7 Å². The smallest absolute Gasteiger partial charge is 0.355 e. The molecule has 0 spiro atoms. The molecule has 0 radical (unpaired) electrons. The van der Waals surface area contributed by atoms with Gasteiger partial charge in [0.2, 0.25) is 0 Å². The summed E-state index contributed by atoms with van der Waals surface area (Å²) in [6.45, 7) is 11.0. The molecule has 2 rings (SSSR count). The molecule has 2 aromatic rings. The number of para-hydroxylation sites is 1. The minimum atomic E-state index is -0.787. The van der Waals surface area contributed by atoms with Gasteiger partial charge in [0.1, 0.15) is 11.4 Å². The molecule has 0 aliphatic rings. The summed E-state index contributed by atoms with van der Waals surface area (Å²) in [7, 11) is 3.21. The standard InChI is InChI=1S/C24H30N2O5/c1-8-14-26(23(28)18-12-10-11-13-19(18)30-7)17(5)22(27)20-15(3)21(24(29)31-9-2)25(6)16(20)4/h8,10-13,17H,1,9,14H2,2-7H3/t17-/m0/s1. The number of esters is 1. The SMILES string of the molecule is C=CCN(C(=O)c1ccccc1OC)[C@@H](C)C(=O)c1c(C)c(C(=O)OCC)n(C)c1C. The fourth-order valence-corrected chi connectivity index (χ4v) is 3.71. The fourth-order valence-electron chi connectivity index (χ4n) is 3.71. The number of amides is 1. The van der Waals surface area contributed by atoms with E-state index in [2.05, 4.69) is 6.58 Å². The maximum atomic E-state index is 13.5. The highest BCUT2D eigenvalue weighted by Gasteiger charge is 2.33. The second-order valence-electron chi connectivity index (χ2n) is 7.20. The van der Waals surface area contributed by atoms with Gasteiger partial charge in [-0.2, -0.15) is 0 Å². The second kappa shape index (κ2) is 10.1. The van der Waals surface area contributed by atoms with Crippen LogP contribution in [0.3, 0.4) is 0 Å². The Hall–Kier alpha value is -3.35. The lowest BCUT2D eigenvalue weighted by Gasteiger charge is -2.28. The molecular formula is C24H30N2O5. The summed E-state index contributed by atoms with van der Waals surface area (Å²) in [5.41, 5.74) is 2.29. The van der Waals surface area contributed by atoms with Crippen molar-refractivity contribution in [2.24, 2.45) is 7.05 Å². The van der Waals surface area contributed by atoms with Gasteiger partial charge in [0, 0.05) is 24.8 Å². The lowest BCUT2D eigenvalue weighted by atomic mass is 9.99. The highest BCUT2D eigenvalue weighted by Crippen LogP contribution is 2.26. The maximum absolute atomic E-state index is 13.5. The van der Waals surface area contributed by atoms with Gasteiger partial charge in [-0.25, -0.2) is 4.79 Å². The lowest BCUT2D eigenvalue weighted by molar-refractivity contribution is 0.0513. The molecule has 0 saturated heterocycles. The highest BCUT2D eigenvalue weighted by atomic mass is 16.5. The monoisotopic (exact) mass is 426 g/mol. The van der Waals surface area contributed by atoms with Crippen molar-refractivity contribution in [2.75, 3.05) is 20.3 Å². The molecule has 1 atom stereocenters. The van der Waals surface area contributed by atoms with Crippen molar-refractivity contribution in [3.05, 3.63) is 65.0 Å². The first-order chi connectivity index (χ1) is 14.7. The van der Waals surface area contributed by atoms with Gasteiger partial charge in [0.05, 0.1) is 25.3 Å². The third-order valence-corrected chi connectivity index (χ3v) is 5.42. The first-order valence-corrected chi connectivity index (χ1v) is 10.1. The van der Waals surface area contributed by atoms with Crippen LogP contribution >= 0.6 is 0 Å². The summed E-state index contributed by atoms with van der Waals surface area (Å²) in [6, 6.07) is 6.08. The normalized spacial score (nSPS) is 11.5. The number of ether oxygens (including phenoxy) is 2. The second-order valence-corrected chi connectivity index (χ2v) is 7.20. The molecule has 1 aromatic carbocycles. The van der Waals surface area contributed by atoms with Crippen LogP contribution < -0.4 is 4.74 Å². The van der Waals surface area contributed by atoms with Crippen molar-refractivity contribution >= 4 is 17.7 Å². The van der Waals surface area contributed by atoms with Gasteiger partial charge in [0.15, 0.2) is 5.78 Å². The zero-order valence-electron chi connectivity index (χ0n) is 19.0. The van der Waals surface area contributed by atoms with Crippen molar-refractivity contribution in [1.29, 1.82) is 0 Å². The summed E-state index contributed by atoms with van der Waals surface area (Å²) in [5, 5.41) is 0. The molecule has 31 heavy (non-hydrogen) atoms. The van der Waals surface area contributed by atoms with Crippen molar-refractivity contribution in [3.8, 4) is 5.75 Å². The zero-order chi connectivity index (χ0) is 23.3. The van der Waals surface area contributed by atoms with Gasteiger partial charge in [0.25, 0.3) is 5.91 Å². The van der Waals surface area contributed by atoms with E-state index in [0.29, 0.717) is 33.8 Å². The average Bonchev–Trinajstić information content (AvgIpc) is 2.98. The van der Waals surface area contributed by atoms with E-state index in [-0.39, 0.29) is 24.8 Å². The number of carbonyl (C=O) groups excluding carboxylic acids is 3. The van der Waals surface area contributed by atoms with Crippen molar-refractivity contribution < 1.29 is 23.9 Å². The molecule has 0 bridgehead atoms. The number of rotatable bonds is 9. The van der Waals surface area contributed by atoms with Crippen LogP contribution in [0.25, 0.3) is 0 Å². The van der Waals surface area contributed by atoms with Crippen LogP contribution in [-0.2, 0) is 11.8 Å². The molecule has 0 saturated carbocycles. The molecule has 0 aliphatic carbocycles. The minimum absolute atomic E-state index is 0.180. The number of nitrogens with zero attached hydrogens (tertiary/aromatic N) is 2. The Labute approximate surface area is 183 Å². The highest BCUT2D eigenvalue weighted by molar-refractivity contribution is 6.08. The Kier molecular flexibility index (Phi) is 7.80. The molecule has 166 valence electrons. The van der Waals surface area contributed by atoms with E-state index < -0.39 is 12.0 Å². The number of aromatic nitrogens is 1. The fraction of sp³-hybridized carbons (Fsp3) is 0.375. The van der Waals surface area contributed by atoms with Crippen LogP contribution in [0.1, 0.15) is 56.3 Å². The van der Waals surface area contributed by atoms with E-state index in [1.165, 1.54) is 12.0 Å². The number of Topliss-reactive ketones (excluding diaryl/α,β-unsaturated/α-hetero) is 1. The average molecular weight is 427 g/mol. The Morgan fingerprint density at radius 1 is 1.23 bits per heavy atom. The quantitative estimate of drug-likeness (QED) is 0.347. The molecule has 7 heteroatoms. The van der Waals surface area contributed by atoms with Gasteiger partial charge < -0.3 is 18.9 Å². The molecular weight excluding hydrogens is 396 g/mol. The lowest BCUT2D eigenvalue weighted by Crippen LogP contribution is -2.43. The number of ketones is 1. The molecule has 7 nitrogen and oxygen atoms in total. The summed E-state index contributed by atoms with van der Waals surface area (Å²) < 4.78 is 12.1. The number of benzene rings is 1. The summed E-state index contributed by atoms with van der Waals surface area (Å²) >= 11 is 0. The van der Waals surface area contributed by atoms with Gasteiger partial charge in [-0.15, -0.1) is 6.58 Å². The summed E-state index contributed by atoms with van der Waals surface area (Å²) in [5.74, 6) is -0.649. The molecule has 0 fully saturated rings. The Balaban J connectivity index is 2.48. The van der Waals surface area contributed by atoms with E-state index in [9.17, 15) is 14.4 Å². The van der Waals surface area contributed by atoms with Gasteiger partial charge >= 0.3 is 5.97 Å². The Morgan fingerprint density at radius 3 is 2.45 bits per heavy atom. The predicted octanol–water partition coefficient (Wildman–Crippen LogP) is 3.73. The van der Waals surface area contributed by atoms with Crippen LogP contribution in [0, 0.1) is 13.8 Å². The van der Waals surface area contributed by atoms with Gasteiger partial charge in [-0.3, -0.25) is 9.59 Å². The number of methoxy groups -OCH3 is 1. The Morgan fingerprint density at radius 2 is 1.87 bits per heavy atom. The third kappa shape index (κ3) is 4.55. The van der Waals surface area contributed by atoms with Crippen molar-refractivity contribution in [3.63, 3.8) is 0 Å². The van der Waals surface area contributed by atoms with E-state index >= 15 is 0 Å². The first-order valence-electron chi connectivity index (χ1n) is 10.1. The van der Waals surface area contributed by atoms with E-state index in [4.69, 9.17) is 9.47 Å². The van der Waals surface area contributed by atoms with E-state index in [1.807, 2.05) is 0 Å². The maximum Gasteiger partial charge on any atom is 0.355 e. The van der Waals surface area contributed by atoms with Gasteiger partial charge in [-0.05, 0) is 45.4 Å². The van der Waals surface area contributed by atoms with E-state index in [0.717, 1.165) is 0 Å². The van der Waals surface area contributed by atoms with Crippen LogP contribution in [0.15, 0.2) is 36.9 Å². The molecule has 1 amide bonds. The largest absolute Gasteiger partial charge is 0.496 e. The molecule has 1 heterocycles.